The monoisotopic (exact) mass is 341 g/mol. The van der Waals surface area contributed by atoms with Gasteiger partial charge >= 0.3 is 0 Å². The molecule has 0 saturated heterocycles. The lowest BCUT2D eigenvalue weighted by atomic mass is 9.97. The minimum absolute atomic E-state index is 0.325. The number of aliphatic imine (C=N–C) groups is 1. The Morgan fingerprint density at radius 2 is 1.75 bits per heavy atom. The third-order valence-electron chi connectivity index (χ3n) is 4.01. The maximum absolute atomic E-state index is 8.36. The minimum atomic E-state index is -1.50. The highest BCUT2D eigenvalue weighted by Gasteiger charge is 2.42. The highest BCUT2D eigenvalue weighted by molar-refractivity contribution is 6.00. The quantitative estimate of drug-likeness (QED) is 0.573. The van der Waals surface area contributed by atoms with Crippen LogP contribution in [0, 0.1) is 20.2 Å². The van der Waals surface area contributed by atoms with Crippen molar-refractivity contribution in [1.29, 1.82) is 0 Å². The molecule has 0 unspecified atom stereocenters. The summed E-state index contributed by atoms with van der Waals surface area (Å²) in [5.74, 6) is 1.12. The van der Waals surface area contributed by atoms with Crippen LogP contribution in [0.15, 0.2) is 29.5 Å². The smallest absolute Gasteiger partial charge is 0.291 e. The Kier molecular flexibility index (Phi) is 6.83. The summed E-state index contributed by atoms with van der Waals surface area (Å²) >= 11 is 0. The zero-order valence-corrected chi connectivity index (χ0v) is 13.1. The Morgan fingerprint density at radius 3 is 2.21 bits per heavy atom. The predicted molar refractivity (Wildman–Crippen MR) is 82.2 cm³/mol. The number of hydrogen-bond acceptors (Lipinski definition) is 7. The van der Waals surface area contributed by atoms with E-state index in [1.807, 2.05) is 18.5 Å². The molecule has 11 nitrogen and oxygen atoms in total. The van der Waals surface area contributed by atoms with E-state index in [2.05, 4.69) is 23.0 Å². The highest BCUT2D eigenvalue weighted by Crippen LogP contribution is 2.38. The molecule has 0 amide bonds. The minimum Gasteiger partial charge on any atom is -0.352 e. The molecule has 1 aliphatic heterocycles. The van der Waals surface area contributed by atoms with Gasteiger partial charge in [0.25, 0.3) is 10.2 Å². The molecule has 3 rings (SSSR count). The van der Waals surface area contributed by atoms with E-state index >= 15 is 0 Å². The van der Waals surface area contributed by atoms with Gasteiger partial charge in [-0.15, -0.1) is 20.2 Å². The maximum atomic E-state index is 8.36. The third kappa shape index (κ3) is 5.34. The van der Waals surface area contributed by atoms with Crippen LogP contribution < -0.4 is 0 Å². The van der Waals surface area contributed by atoms with Gasteiger partial charge in [-0.2, -0.15) is 0 Å². The van der Waals surface area contributed by atoms with Crippen molar-refractivity contribution in [2.45, 2.75) is 31.2 Å². The number of hydrogen-bond donors (Lipinski definition) is 2. The van der Waals surface area contributed by atoms with Crippen LogP contribution in [0.1, 0.15) is 31.2 Å². The number of aromatic nitrogens is 1. The summed E-state index contributed by atoms with van der Waals surface area (Å²) in [7, 11) is 2.18. The molecule has 0 aromatic carbocycles. The predicted octanol–water partition coefficient (Wildman–Crippen LogP) is 1.39. The number of likely N-dealkylation sites (N-methyl/N-ethyl adjacent to an activating group) is 1. The van der Waals surface area contributed by atoms with Gasteiger partial charge in [0, 0.05) is 25.0 Å². The standard InChI is InChI=1S/C13H17N3.2HNO3/c1-16-12(11-5-4-8-14-9-11)15-10-13(16)6-2-3-7-13;2*2-1(3)4/h4-5,8-9H,2-3,6-7,10H2,1H3;2*(H,2,3,4). The van der Waals surface area contributed by atoms with E-state index < -0.39 is 10.2 Å². The van der Waals surface area contributed by atoms with Gasteiger partial charge in [-0.3, -0.25) is 9.98 Å². The molecule has 11 heteroatoms. The van der Waals surface area contributed by atoms with Crippen molar-refractivity contribution in [3.63, 3.8) is 0 Å². The molecule has 0 radical (unpaired) electrons. The Morgan fingerprint density at radius 1 is 1.21 bits per heavy atom. The van der Waals surface area contributed by atoms with E-state index in [0.717, 1.165) is 17.9 Å². The SMILES string of the molecule is CN1C(c2cccnc2)=NCC12CCCC2.O=[N+]([O-])O.O=[N+]([O-])O. The molecule has 1 saturated carbocycles. The average molecular weight is 341 g/mol. The molecule has 2 aliphatic rings. The first-order valence-corrected chi connectivity index (χ1v) is 7.14. The van der Waals surface area contributed by atoms with Crippen LogP contribution in [-0.4, -0.2) is 55.4 Å². The summed E-state index contributed by atoms with van der Waals surface area (Å²) in [6.07, 6.45) is 8.99. The van der Waals surface area contributed by atoms with Crippen LogP contribution in [0.3, 0.4) is 0 Å². The van der Waals surface area contributed by atoms with Crippen molar-refractivity contribution in [2.75, 3.05) is 13.6 Å². The van der Waals surface area contributed by atoms with Gasteiger partial charge in [-0.25, -0.2) is 0 Å². The summed E-state index contributed by atoms with van der Waals surface area (Å²) in [6.45, 7) is 0.966. The maximum Gasteiger partial charge on any atom is 0.291 e. The van der Waals surface area contributed by atoms with E-state index in [-0.39, 0.29) is 0 Å². The van der Waals surface area contributed by atoms with E-state index in [9.17, 15) is 0 Å². The van der Waals surface area contributed by atoms with E-state index in [1.54, 1.807) is 0 Å². The lowest BCUT2D eigenvalue weighted by Gasteiger charge is -2.33. The summed E-state index contributed by atoms with van der Waals surface area (Å²) in [6, 6.07) is 4.07. The number of nitrogens with zero attached hydrogens (tertiary/aromatic N) is 5. The zero-order valence-electron chi connectivity index (χ0n) is 13.1. The first-order chi connectivity index (χ1) is 11.3. The largest absolute Gasteiger partial charge is 0.352 e. The molecule has 24 heavy (non-hydrogen) atoms. The van der Waals surface area contributed by atoms with Crippen molar-refractivity contribution >= 4 is 5.84 Å². The molecule has 1 aromatic heterocycles. The molecule has 1 aromatic rings. The second-order valence-corrected chi connectivity index (χ2v) is 5.35. The molecular weight excluding hydrogens is 322 g/mol. The molecule has 132 valence electrons. The van der Waals surface area contributed by atoms with Gasteiger partial charge in [-0.05, 0) is 25.0 Å². The molecule has 2 heterocycles. The van der Waals surface area contributed by atoms with Crippen LogP contribution in [0.2, 0.25) is 0 Å². The first kappa shape index (κ1) is 19.1. The van der Waals surface area contributed by atoms with Gasteiger partial charge in [0.1, 0.15) is 5.84 Å². The van der Waals surface area contributed by atoms with Crippen molar-refractivity contribution in [3.05, 3.63) is 50.3 Å². The van der Waals surface area contributed by atoms with Crippen LogP contribution in [0.4, 0.5) is 0 Å². The Bertz CT molecular complexity index is 568. The fraction of sp³-hybridized carbons (Fsp3) is 0.538. The summed E-state index contributed by atoms with van der Waals surface area (Å²) in [5.41, 5.74) is 1.47. The molecule has 2 N–H and O–H groups in total. The molecule has 1 fully saturated rings. The Labute approximate surface area is 137 Å². The molecular formula is C13H19N5O6. The van der Waals surface area contributed by atoms with Gasteiger partial charge in [-0.1, -0.05) is 12.8 Å². The number of amidine groups is 1. The second kappa shape index (κ2) is 8.60. The topological polar surface area (TPSA) is 155 Å². The first-order valence-electron chi connectivity index (χ1n) is 7.14. The highest BCUT2D eigenvalue weighted by atomic mass is 16.9. The van der Waals surface area contributed by atoms with Crippen LogP contribution in [0.5, 0.6) is 0 Å². The third-order valence-corrected chi connectivity index (χ3v) is 4.01. The van der Waals surface area contributed by atoms with Crippen LogP contribution in [-0.2, 0) is 0 Å². The van der Waals surface area contributed by atoms with Crippen LogP contribution in [0.25, 0.3) is 0 Å². The normalized spacial score (nSPS) is 17.2. The summed E-state index contributed by atoms with van der Waals surface area (Å²) < 4.78 is 0. The van der Waals surface area contributed by atoms with Crippen molar-refractivity contribution in [2.24, 2.45) is 4.99 Å². The van der Waals surface area contributed by atoms with Gasteiger partial charge in [0.2, 0.25) is 0 Å². The lowest BCUT2D eigenvalue weighted by Crippen LogP contribution is -2.44. The Hall–Kier alpha value is -2.98. The summed E-state index contributed by atoms with van der Waals surface area (Å²) in [5, 5.41) is 27.3. The van der Waals surface area contributed by atoms with E-state index in [1.165, 1.54) is 25.7 Å². The fourth-order valence-corrected chi connectivity index (χ4v) is 2.97. The number of pyridine rings is 1. The number of rotatable bonds is 1. The second-order valence-electron chi connectivity index (χ2n) is 5.35. The molecule has 1 aliphatic carbocycles. The summed E-state index contributed by atoms with van der Waals surface area (Å²) in [4.78, 5) is 28.0. The lowest BCUT2D eigenvalue weighted by molar-refractivity contribution is -0.742. The zero-order chi connectivity index (χ0) is 18.2. The van der Waals surface area contributed by atoms with Crippen molar-refractivity contribution in [1.82, 2.24) is 9.88 Å². The molecule has 0 bridgehead atoms. The molecule has 1 spiro atoms. The van der Waals surface area contributed by atoms with Gasteiger partial charge in [0.15, 0.2) is 0 Å². The van der Waals surface area contributed by atoms with Crippen LogP contribution >= 0.6 is 0 Å². The van der Waals surface area contributed by atoms with Gasteiger partial charge in [0.05, 0.1) is 12.1 Å². The van der Waals surface area contributed by atoms with Gasteiger partial charge < -0.3 is 15.3 Å². The average Bonchev–Trinajstić information content (AvgIpc) is 3.09. The fourth-order valence-electron chi connectivity index (χ4n) is 2.97. The van der Waals surface area contributed by atoms with Crippen molar-refractivity contribution in [3.8, 4) is 0 Å². The van der Waals surface area contributed by atoms with Crippen molar-refractivity contribution < 1.29 is 20.6 Å². The van der Waals surface area contributed by atoms with E-state index in [0.29, 0.717) is 5.54 Å². The Balaban J connectivity index is 0.000000306. The van der Waals surface area contributed by atoms with E-state index in [4.69, 9.17) is 35.6 Å². The molecule has 0 atom stereocenters.